The van der Waals surface area contributed by atoms with Crippen molar-refractivity contribution in [3.05, 3.63) is 0 Å². The highest BCUT2D eigenvalue weighted by Gasteiger charge is 2.38. The molecule has 0 aromatic carbocycles. The molecule has 0 aliphatic heterocycles. The van der Waals surface area contributed by atoms with Gasteiger partial charge in [0.1, 0.15) is 0 Å². The van der Waals surface area contributed by atoms with Gasteiger partial charge in [-0.25, -0.2) is 0 Å². The van der Waals surface area contributed by atoms with Crippen LogP contribution in [0.3, 0.4) is 0 Å². The fourth-order valence-corrected chi connectivity index (χ4v) is 6.94. The van der Waals surface area contributed by atoms with Gasteiger partial charge in [-0.15, -0.1) is 0 Å². The van der Waals surface area contributed by atoms with Crippen molar-refractivity contribution >= 4 is 11.9 Å². The number of aliphatic carboxylic acids is 2. The molecule has 0 bridgehead atoms. The topological polar surface area (TPSA) is 74.6 Å². The van der Waals surface area contributed by atoms with Crippen molar-refractivity contribution in [2.24, 2.45) is 10.8 Å². The summed E-state index contributed by atoms with van der Waals surface area (Å²) >= 11 is 0. The van der Waals surface area contributed by atoms with Crippen LogP contribution in [0.15, 0.2) is 0 Å². The molecule has 4 nitrogen and oxygen atoms in total. The fourth-order valence-electron chi connectivity index (χ4n) is 6.94. The molecule has 42 heavy (non-hydrogen) atoms. The number of carbonyl (C=O) groups is 2. The third kappa shape index (κ3) is 19.3. The average Bonchev–Trinajstić information content (AvgIpc) is 2.97. The van der Waals surface area contributed by atoms with E-state index in [1.165, 1.54) is 77.0 Å². The molecule has 0 saturated carbocycles. The predicted molar refractivity (Wildman–Crippen MR) is 181 cm³/mol. The zero-order valence-electron chi connectivity index (χ0n) is 28.9. The minimum absolute atomic E-state index is 0.569. The molecule has 250 valence electrons. The van der Waals surface area contributed by atoms with Gasteiger partial charge >= 0.3 is 11.9 Å². The molecular weight excluding hydrogens is 520 g/mol. The van der Waals surface area contributed by atoms with Crippen molar-refractivity contribution in [2.75, 3.05) is 0 Å². The zero-order chi connectivity index (χ0) is 31.4. The second-order valence-electron chi connectivity index (χ2n) is 13.7. The Morgan fingerprint density at radius 3 is 0.690 bits per heavy atom. The van der Waals surface area contributed by atoms with Gasteiger partial charge in [-0.3, -0.25) is 9.59 Å². The van der Waals surface area contributed by atoms with E-state index in [0.717, 1.165) is 116 Å². The molecule has 0 spiro atoms. The molecule has 0 aromatic rings. The van der Waals surface area contributed by atoms with Crippen LogP contribution in [-0.2, 0) is 9.59 Å². The average molecular weight is 595 g/mol. The standard InChI is InChI=1S/C38H74O4/c1-5-9-13-17-19-25-31-37(35(39)40,29-23-15-11-7-3)33-27-21-22-28-34-38(36(41)42,30-24-16-12-8-4)32-26-20-18-14-10-6-2/h5-34H2,1-4H3,(H,39,40)(H,41,42). The molecule has 0 aliphatic rings. The van der Waals surface area contributed by atoms with Gasteiger partial charge in [0, 0.05) is 0 Å². The third-order valence-corrected chi connectivity index (χ3v) is 10.0. The Morgan fingerprint density at radius 1 is 0.333 bits per heavy atom. The van der Waals surface area contributed by atoms with Crippen molar-refractivity contribution in [1.82, 2.24) is 0 Å². The monoisotopic (exact) mass is 595 g/mol. The van der Waals surface area contributed by atoms with E-state index in [-0.39, 0.29) is 0 Å². The van der Waals surface area contributed by atoms with Gasteiger partial charge in [0.2, 0.25) is 0 Å². The molecule has 0 aliphatic carbocycles. The summed E-state index contributed by atoms with van der Waals surface area (Å²) in [6, 6.07) is 0. The number of hydrogen-bond acceptors (Lipinski definition) is 2. The van der Waals surface area contributed by atoms with Gasteiger partial charge in [-0.2, -0.15) is 0 Å². The molecule has 2 N–H and O–H groups in total. The lowest BCUT2D eigenvalue weighted by molar-refractivity contribution is -0.152. The van der Waals surface area contributed by atoms with E-state index >= 15 is 0 Å². The highest BCUT2D eigenvalue weighted by Crippen LogP contribution is 2.40. The third-order valence-electron chi connectivity index (χ3n) is 10.0. The molecule has 0 radical (unpaired) electrons. The molecule has 2 unspecified atom stereocenters. The summed E-state index contributed by atoms with van der Waals surface area (Å²) in [6.07, 6.45) is 32.2. The first-order valence-electron chi connectivity index (χ1n) is 18.8. The maximum atomic E-state index is 12.6. The van der Waals surface area contributed by atoms with E-state index in [1.807, 2.05) is 0 Å². The van der Waals surface area contributed by atoms with Gasteiger partial charge < -0.3 is 10.2 Å². The number of carboxylic acid groups (broad SMARTS) is 2. The highest BCUT2D eigenvalue weighted by molar-refractivity contribution is 5.75. The Hall–Kier alpha value is -1.06. The smallest absolute Gasteiger partial charge is 0.309 e. The minimum Gasteiger partial charge on any atom is -0.481 e. The first-order chi connectivity index (χ1) is 20.3. The Balaban J connectivity index is 5.01. The van der Waals surface area contributed by atoms with Crippen molar-refractivity contribution < 1.29 is 19.8 Å². The normalized spacial score (nSPS) is 14.5. The maximum Gasteiger partial charge on any atom is 0.309 e. The van der Waals surface area contributed by atoms with E-state index in [4.69, 9.17) is 0 Å². The van der Waals surface area contributed by atoms with E-state index in [1.54, 1.807) is 0 Å². The molecule has 0 heterocycles. The first kappa shape index (κ1) is 40.9. The second-order valence-corrected chi connectivity index (χ2v) is 13.7. The predicted octanol–water partition coefficient (Wildman–Crippen LogP) is 12.9. The van der Waals surface area contributed by atoms with Crippen molar-refractivity contribution in [1.29, 1.82) is 0 Å². The fraction of sp³-hybridized carbons (Fsp3) is 0.947. The van der Waals surface area contributed by atoms with Gasteiger partial charge in [-0.1, -0.05) is 182 Å². The van der Waals surface area contributed by atoms with E-state index < -0.39 is 22.8 Å². The highest BCUT2D eigenvalue weighted by atomic mass is 16.4. The van der Waals surface area contributed by atoms with Crippen LogP contribution in [0, 0.1) is 10.8 Å². The molecule has 0 fully saturated rings. The summed E-state index contributed by atoms with van der Waals surface area (Å²) in [5.41, 5.74) is -1.14. The zero-order valence-corrected chi connectivity index (χ0v) is 28.9. The van der Waals surface area contributed by atoms with Crippen LogP contribution in [0.25, 0.3) is 0 Å². The largest absolute Gasteiger partial charge is 0.481 e. The van der Waals surface area contributed by atoms with Crippen LogP contribution in [0.5, 0.6) is 0 Å². The Labute approximate surface area is 262 Å². The van der Waals surface area contributed by atoms with Crippen LogP contribution in [-0.4, -0.2) is 22.2 Å². The number of unbranched alkanes of at least 4 members (excludes halogenated alkanes) is 19. The summed E-state index contributed by atoms with van der Waals surface area (Å²) in [4.78, 5) is 25.3. The second kappa shape index (κ2) is 27.5. The van der Waals surface area contributed by atoms with E-state index in [2.05, 4.69) is 27.7 Å². The summed E-state index contributed by atoms with van der Waals surface area (Å²) in [5, 5.41) is 20.8. The van der Waals surface area contributed by atoms with Gasteiger partial charge in [-0.05, 0) is 38.5 Å². The quantitative estimate of drug-likeness (QED) is 0.0741. The lowest BCUT2D eigenvalue weighted by Crippen LogP contribution is -2.31. The lowest BCUT2D eigenvalue weighted by Gasteiger charge is -2.31. The molecule has 2 atom stereocenters. The lowest BCUT2D eigenvalue weighted by atomic mass is 9.73. The number of hydrogen-bond donors (Lipinski definition) is 2. The van der Waals surface area contributed by atoms with Crippen LogP contribution in [0.1, 0.15) is 220 Å². The Morgan fingerprint density at radius 2 is 0.500 bits per heavy atom. The molecule has 4 heteroatoms. The molecular formula is C38H74O4. The summed E-state index contributed by atoms with van der Waals surface area (Å²) in [5.74, 6) is -1.16. The number of carboxylic acids is 2. The maximum absolute atomic E-state index is 12.6. The van der Waals surface area contributed by atoms with Gasteiger partial charge in [0.25, 0.3) is 0 Å². The molecule has 0 amide bonds. The SMILES string of the molecule is CCCCCCCCC(CCCCCC)(CCCCCCC(CCCCCC)(CCCCCCCC)C(=O)O)C(=O)O. The first-order valence-corrected chi connectivity index (χ1v) is 18.8. The molecule has 0 saturated heterocycles. The Kier molecular flexibility index (Phi) is 26.8. The van der Waals surface area contributed by atoms with Crippen molar-refractivity contribution in [3.63, 3.8) is 0 Å². The van der Waals surface area contributed by atoms with Gasteiger partial charge in [0.15, 0.2) is 0 Å². The molecule has 0 aromatic heterocycles. The van der Waals surface area contributed by atoms with Crippen LogP contribution < -0.4 is 0 Å². The summed E-state index contributed by atoms with van der Waals surface area (Å²) in [6.45, 7) is 8.88. The Bertz CT molecular complexity index is 579. The van der Waals surface area contributed by atoms with E-state index in [0.29, 0.717) is 0 Å². The summed E-state index contributed by atoms with van der Waals surface area (Å²) in [7, 11) is 0. The van der Waals surface area contributed by atoms with Crippen LogP contribution >= 0.6 is 0 Å². The van der Waals surface area contributed by atoms with Crippen molar-refractivity contribution in [2.45, 2.75) is 220 Å². The van der Waals surface area contributed by atoms with E-state index in [9.17, 15) is 19.8 Å². The molecule has 0 rings (SSSR count). The minimum atomic E-state index is -0.580. The van der Waals surface area contributed by atoms with Crippen molar-refractivity contribution in [3.8, 4) is 0 Å². The summed E-state index contributed by atoms with van der Waals surface area (Å²) < 4.78 is 0. The van der Waals surface area contributed by atoms with Crippen LogP contribution in [0.2, 0.25) is 0 Å². The van der Waals surface area contributed by atoms with Crippen LogP contribution in [0.4, 0.5) is 0 Å². The van der Waals surface area contributed by atoms with Gasteiger partial charge in [0.05, 0.1) is 10.8 Å². The number of rotatable bonds is 33.